The van der Waals surface area contributed by atoms with Crippen molar-refractivity contribution in [3.05, 3.63) is 36.5 Å². The summed E-state index contributed by atoms with van der Waals surface area (Å²) in [5, 5.41) is 1.11. The maximum atomic E-state index is 6.29. The first-order chi connectivity index (χ1) is 10.1. The van der Waals surface area contributed by atoms with E-state index < -0.39 is 0 Å². The molecule has 3 heteroatoms. The summed E-state index contributed by atoms with van der Waals surface area (Å²) in [6, 6.07) is 10.2. The van der Waals surface area contributed by atoms with Crippen LogP contribution in [0.5, 0.6) is 5.75 Å². The second-order valence-corrected chi connectivity index (χ2v) is 6.47. The second-order valence-electron chi connectivity index (χ2n) is 6.47. The number of hydrogen-bond acceptors (Lipinski definition) is 3. The van der Waals surface area contributed by atoms with E-state index in [1.165, 1.54) is 6.42 Å². The molecular formula is C18H24N2O. The number of aromatic nitrogens is 1. The van der Waals surface area contributed by atoms with E-state index >= 15 is 0 Å². The van der Waals surface area contributed by atoms with Crippen LogP contribution in [-0.4, -0.2) is 17.1 Å². The van der Waals surface area contributed by atoms with Crippen molar-refractivity contribution in [3.8, 4) is 5.75 Å². The van der Waals surface area contributed by atoms with Gasteiger partial charge in [0.25, 0.3) is 0 Å². The lowest BCUT2D eigenvalue weighted by molar-refractivity contribution is 0.0879. The Balaban J connectivity index is 1.83. The Bertz CT molecular complexity index is 606. The number of para-hydroxylation sites is 1. The molecule has 3 rings (SSSR count). The number of rotatable bonds is 3. The SMILES string of the molecule is CC(C)C1CCC(N)C(Oc2cccc3cccnc23)C1. The van der Waals surface area contributed by atoms with Gasteiger partial charge in [0.05, 0.1) is 0 Å². The zero-order chi connectivity index (χ0) is 14.8. The van der Waals surface area contributed by atoms with E-state index in [0.29, 0.717) is 11.8 Å². The Morgan fingerprint density at radius 2 is 2.00 bits per heavy atom. The summed E-state index contributed by atoms with van der Waals surface area (Å²) in [6.45, 7) is 4.58. The smallest absolute Gasteiger partial charge is 0.146 e. The zero-order valence-electron chi connectivity index (χ0n) is 12.8. The molecule has 1 heterocycles. The number of ether oxygens (including phenoxy) is 1. The van der Waals surface area contributed by atoms with Gasteiger partial charge < -0.3 is 10.5 Å². The van der Waals surface area contributed by atoms with E-state index in [2.05, 4.69) is 31.0 Å². The number of benzene rings is 1. The van der Waals surface area contributed by atoms with E-state index in [4.69, 9.17) is 10.5 Å². The third-order valence-electron chi connectivity index (χ3n) is 4.70. The molecule has 3 atom stereocenters. The van der Waals surface area contributed by atoms with Gasteiger partial charge in [-0.3, -0.25) is 4.98 Å². The number of fused-ring (bicyclic) bond motifs is 1. The molecule has 1 aromatic heterocycles. The maximum Gasteiger partial charge on any atom is 0.146 e. The van der Waals surface area contributed by atoms with Crippen LogP contribution in [0.4, 0.5) is 0 Å². The molecule has 3 unspecified atom stereocenters. The van der Waals surface area contributed by atoms with Crippen molar-refractivity contribution in [1.29, 1.82) is 0 Å². The minimum atomic E-state index is 0.0961. The van der Waals surface area contributed by atoms with E-state index in [1.807, 2.05) is 24.4 Å². The van der Waals surface area contributed by atoms with Crippen LogP contribution in [0, 0.1) is 11.8 Å². The molecule has 1 aromatic carbocycles. The average molecular weight is 284 g/mol. The van der Waals surface area contributed by atoms with Crippen molar-refractivity contribution in [3.63, 3.8) is 0 Å². The third-order valence-corrected chi connectivity index (χ3v) is 4.70. The summed E-state index contributed by atoms with van der Waals surface area (Å²) < 4.78 is 6.27. The minimum absolute atomic E-state index is 0.0961. The topological polar surface area (TPSA) is 48.1 Å². The van der Waals surface area contributed by atoms with Gasteiger partial charge in [-0.1, -0.05) is 32.0 Å². The highest BCUT2D eigenvalue weighted by Crippen LogP contribution is 2.33. The van der Waals surface area contributed by atoms with Crippen molar-refractivity contribution in [2.75, 3.05) is 0 Å². The van der Waals surface area contributed by atoms with E-state index in [1.54, 1.807) is 0 Å². The largest absolute Gasteiger partial charge is 0.487 e. The fourth-order valence-electron chi connectivity index (χ4n) is 3.26. The van der Waals surface area contributed by atoms with Crippen molar-refractivity contribution in [2.24, 2.45) is 17.6 Å². The summed E-state index contributed by atoms with van der Waals surface area (Å²) in [6.07, 6.45) is 5.21. The van der Waals surface area contributed by atoms with Crippen molar-refractivity contribution < 1.29 is 4.74 Å². The summed E-state index contributed by atoms with van der Waals surface area (Å²) >= 11 is 0. The van der Waals surface area contributed by atoms with Crippen LogP contribution >= 0.6 is 0 Å². The van der Waals surface area contributed by atoms with Crippen LogP contribution in [-0.2, 0) is 0 Å². The molecule has 1 saturated carbocycles. The monoisotopic (exact) mass is 284 g/mol. The van der Waals surface area contributed by atoms with Gasteiger partial charge in [-0.25, -0.2) is 0 Å². The van der Waals surface area contributed by atoms with Crippen LogP contribution in [0.3, 0.4) is 0 Å². The van der Waals surface area contributed by atoms with E-state index in [0.717, 1.165) is 29.5 Å². The van der Waals surface area contributed by atoms with Crippen molar-refractivity contribution in [2.45, 2.75) is 45.3 Å². The van der Waals surface area contributed by atoms with E-state index in [9.17, 15) is 0 Å². The molecule has 2 N–H and O–H groups in total. The number of nitrogens with zero attached hydrogens (tertiary/aromatic N) is 1. The molecule has 3 nitrogen and oxygen atoms in total. The number of pyridine rings is 1. The molecule has 1 fully saturated rings. The van der Waals surface area contributed by atoms with Crippen LogP contribution in [0.25, 0.3) is 10.9 Å². The summed E-state index contributed by atoms with van der Waals surface area (Å²) in [7, 11) is 0. The average Bonchev–Trinajstić information content (AvgIpc) is 2.49. The number of hydrogen-bond donors (Lipinski definition) is 1. The molecule has 0 saturated heterocycles. The predicted molar refractivity (Wildman–Crippen MR) is 86.3 cm³/mol. The van der Waals surface area contributed by atoms with Gasteiger partial charge in [0.1, 0.15) is 17.4 Å². The molecule has 21 heavy (non-hydrogen) atoms. The molecule has 1 aliphatic carbocycles. The molecule has 0 radical (unpaired) electrons. The highest BCUT2D eigenvalue weighted by Gasteiger charge is 2.31. The molecule has 0 amide bonds. The first-order valence-corrected chi connectivity index (χ1v) is 7.91. The molecule has 0 bridgehead atoms. The van der Waals surface area contributed by atoms with Gasteiger partial charge >= 0.3 is 0 Å². The Morgan fingerprint density at radius 3 is 2.81 bits per heavy atom. The van der Waals surface area contributed by atoms with E-state index in [-0.39, 0.29) is 12.1 Å². The summed E-state index contributed by atoms with van der Waals surface area (Å²) in [5.41, 5.74) is 7.22. The third kappa shape index (κ3) is 3.03. The molecule has 112 valence electrons. The van der Waals surface area contributed by atoms with Gasteiger partial charge in [0, 0.05) is 17.6 Å². The lowest BCUT2D eigenvalue weighted by Crippen LogP contribution is -2.44. The maximum absolute atomic E-state index is 6.29. The van der Waals surface area contributed by atoms with Gasteiger partial charge in [-0.2, -0.15) is 0 Å². The van der Waals surface area contributed by atoms with Gasteiger partial charge in [0.2, 0.25) is 0 Å². The fourth-order valence-corrected chi connectivity index (χ4v) is 3.26. The highest BCUT2D eigenvalue weighted by atomic mass is 16.5. The van der Waals surface area contributed by atoms with Crippen LogP contribution in [0.2, 0.25) is 0 Å². The van der Waals surface area contributed by atoms with Crippen LogP contribution in [0.1, 0.15) is 33.1 Å². The van der Waals surface area contributed by atoms with Gasteiger partial charge in [-0.15, -0.1) is 0 Å². The normalized spacial score (nSPS) is 26.2. The Morgan fingerprint density at radius 1 is 1.19 bits per heavy atom. The Labute approximate surface area is 126 Å². The summed E-state index contributed by atoms with van der Waals surface area (Å²) in [5.74, 6) is 2.25. The molecular weight excluding hydrogens is 260 g/mol. The fraction of sp³-hybridized carbons (Fsp3) is 0.500. The van der Waals surface area contributed by atoms with Gasteiger partial charge in [0.15, 0.2) is 0 Å². The molecule has 1 aliphatic rings. The quantitative estimate of drug-likeness (QED) is 0.933. The van der Waals surface area contributed by atoms with Crippen molar-refractivity contribution >= 4 is 10.9 Å². The molecule has 0 spiro atoms. The lowest BCUT2D eigenvalue weighted by Gasteiger charge is -2.36. The summed E-state index contributed by atoms with van der Waals surface area (Å²) in [4.78, 5) is 4.46. The van der Waals surface area contributed by atoms with Crippen molar-refractivity contribution in [1.82, 2.24) is 4.98 Å². The minimum Gasteiger partial charge on any atom is -0.487 e. The highest BCUT2D eigenvalue weighted by molar-refractivity contribution is 5.84. The molecule has 0 aliphatic heterocycles. The first-order valence-electron chi connectivity index (χ1n) is 7.91. The van der Waals surface area contributed by atoms with Crippen LogP contribution < -0.4 is 10.5 Å². The number of nitrogens with two attached hydrogens (primary N) is 1. The second kappa shape index (κ2) is 6.02. The first kappa shape index (κ1) is 14.3. The predicted octanol–water partition coefficient (Wildman–Crippen LogP) is 3.77. The zero-order valence-corrected chi connectivity index (χ0v) is 12.8. The Hall–Kier alpha value is -1.61. The Kier molecular flexibility index (Phi) is 4.11. The lowest BCUT2D eigenvalue weighted by atomic mass is 9.78. The molecule has 2 aromatic rings. The van der Waals surface area contributed by atoms with Crippen LogP contribution in [0.15, 0.2) is 36.5 Å². The standard InChI is InChI=1S/C18H24N2O/c1-12(2)14-8-9-15(19)17(11-14)21-16-7-3-5-13-6-4-10-20-18(13)16/h3-7,10,12,14-15,17H,8-9,11,19H2,1-2H3. The van der Waals surface area contributed by atoms with Gasteiger partial charge in [-0.05, 0) is 43.2 Å².